The first-order valence-electron chi connectivity index (χ1n) is 5.93. The van der Waals surface area contributed by atoms with Gasteiger partial charge in [-0.2, -0.15) is 0 Å². The second-order valence-electron chi connectivity index (χ2n) is 4.40. The Kier molecular flexibility index (Phi) is 5.50. The van der Waals surface area contributed by atoms with Crippen LogP contribution in [0.3, 0.4) is 0 Å². The molecule has 0 aliphatic carbocycles. The van der Waals surface area contributed by atoms with Crippen molar-refractivity contribution in [1.29, 1.82) is 0 Å². The van der Waals surface area contributed by atoms with Crippen LogP contribution in [-0.4, -0.2) is 37.8 Å². The van der Waals surface area contributed by atoms with E-state index in [9.17, 15) is 0 Å². The van der Waals surface area contributed by atoms with Crippen LogP contribution in [0.15, 0.2) is 6.07 Å². The number of aromatic nitrogens is 1. The van der Waals surface area contributed by atoms with Crippen molar-refractivity contribution in [2.75, 3.05) is 37.7 Å². The lowest BCUT2D eigenvalue weighted by Gasteiger charge is -2.29. The lowest BCUT2D eigenvalue weighted by Crippen LogP contribution is -2.44. The average Bonchev–Trinajstić information content (AvgIpc) is 2.77. The van der Waals surface area contributed by atoms with Crippen LogP contribution in [0.2, 0.25) is 0 Å². The molecule has 18 heavy (non-hydrogen) atoms. The van der Waals surface area contributed by atoms with E-state index < -0.39 is 0 Å². The van der Waals surface area contributed by atoms with Crippen molar-refractivity contribution >= 4 is 30.6 Å². The zero-order valence-electron chi connectivity index (χ0n) is 10.4. The second kappa shape index (κ2) is 6.45. The number of pyridine rings is 1. The van der Waals surface area contributed by atoms with Crippen molar-refractivity contribution in [2.24, 2.45) is 0 Å². The van der Waals surface area contributed by atoms with Crippen molar-refractivity contribution in [3.63, 3.8) is 0 Å². The van der Waals surface area contributed by atoms with Crippen molar-refractivity contribution in [3.8, 4) is 5.75 Å². The van der Waals surface area contributed by atoms with E-state index in [-0.39, 0.29) is 24.8 Å². The van der Waals surface area contributed by atoms with Gasteiger partial charge in [0.25, 0.3) is 0 Å². The maximum Gasteiger partial charge on any atom is 0.135 e. The molecule has 6 heteroatoms. The van der Waals surface area contributed by atoms with Crippen LogP contribution in [0.1, 0.15) is 11.3 Å². The van der Waals surface area contributed by atoms with Gasteiger partial charge < -0.3 is 15.0 Å². The first-order valence-corrected chi connectivity index (χ1v) is 5.93. The molecule has 1 aromatic rings. The van der Waals surface area contributed by atoms with E-state index in [1.807, 2.05) is 13.0 Å². The summed E-state index contributed by atoms with van der Waals surface area (Å²) in [6, 6.07) is 2.05. The summed E-state index contributed by atoms with van der Waals surface area (Å²) in [5.74, 6) is 2.19. The van der Waals surface area contributed by atoms with Crippen LogP contribution in [0.25, 0.3) is 0 Å². The summed E-state index contributed by atoms with van der Waals surface area (Å²) in [6.07, 6.45) is 1.00. The first kappa shape index (κ1) is 15.3. The minimum absolute atomic E-state index is 0. The normalized spacial score (nSPS) is 17.3. The van der Waals surface area contributed by atoms with Crippen LogP contribution in [-0.2, 0) is 6.42 Å². The molecule has 3 rings (SSSR count). The molecule has 3 heterocycles. The van der Waals surface area contributed by atoms with Gasteiger partial charge in [0.15, 0.2) is 0 Å². The molecule has 102 valence electrons. The van der Waals surface area contributed by atoms with Gasteiger partial charge >= 0.3 is 0 Å². The van der Waals surface area contributed by atoms with Crippen molar-refractivity contribution < 1.29 is 4.74 Å². The molecular formula is C12H19Cl2N3O. The SMILES string of the molecule is Cc1cc2c(c(N3CCNCC3)n1)CCO2.Cl.Cl. The zero-order chi connectivity index (χ0) is 11.0. The molecule has 1 fully saturated rings. The highest BCUT2D eigenvalue weighted by Crippen LogP contribution is 2.33. The molecule has 2 aliphatic heterocycles. The Morgan fingerprint density at radius 2 is 2.00 bits per heavy atom. The summed E-state index contributed by atoms with van der Waals surface area (Å²) in [6.45, 7) is 7.02. The fourth-order valence-corrected chi connectivity index (χ4v) is 2.42. The Morgan fingerprint density at radius 1 is 1.28 bits per heavy atom. The van der Waals surface area contributed by atoms with Crippen LogP contribution >= 0.6 is 24.8 Å². The first-order chi connectivity index (χ1) is 7.84. The van der Waals surface area contributed by atoms with E-state index >= 15 is 0 Å². The fourth-order valence-electron chi connectivity index (χ4n) is 2.42. The predicted octanol–water partition coefficient (Wildman–Crippen LogP) is 1.58. The number of piperazine rings is 1. The lowest BCUT2D eigenvalue weighted by atomic mass is 10.1. The van der Waals surface area contributed by atoms with Gasteiger partial charge in [-0.3, -0.25) is 0 Å². The van der Waals surface area contributed by atoms with Crippen LogP contribution in [0, 0.1) is 6.92 Å². The van der Waals surface area contributed by atoms with Gasteiger partial charge in [-0.15, -0.1) is 24.8 Å². The molecule has 0 atom stereocenters. The molecule has 0 aromatic carbocycles. The van der Waals surface area contributed by atoms with Gasteiger partial charge in [0.2, 0.25) is 0 Å². The molecule has 1 saturated heterocycles. The maximum absolute atomic E-state index is 5.63. The molecule has 1 N–H and O–H groups in total. The number of halogens is 2. The van der Waals surface area contributed by atoms with Crippen molar-refractivity contribution in [1.82, 2.24) is 10.3 Å². The van der Waals surface area contributed by atoms with Gasteiger partial charge in [0, 0.05) is 49.9 Å². The number of rotatable bonds is 1. The molecule has 0 saturated carbocycles. The van der Waals surface area contributed by atoms with Gasteiger partial charge in [0.05, 0.1) is 6.61 Å². The molecule has 0 spiro atoms. The number of nitrogens with zero attached hydrogens (tertiary/aromatic N) is 2. The van der Waals surface area contributed by atoms with E-state index in [1.165, 1.54) is 5.56 Å². The largest absolute Gasteiger partial charge is 0.493 e. The highest BCUT2D eigenvalue weighted by atomic mass is 35.5. The summed E-state index contributed by atoms with van der Waals surface area (Å²) in [7, 11) is 0. The van der Waals surface area contributed by atoms with Gasteiger partial charge in [-0.05, 0) is 6.92 Å². The molecular weight excluding hydrogens is 273 g/mol. The summed E-state index contributed by atoms with van der Waals surface area (Å²) in [5, 5.41) is 3.37. The smallest absolute Gasteiger partial charge is 0.135 e. The zero-order valence-corrected chi connectivity index (χ0v) is 12.1. The summed E-state index contributed by atoms with van der Waals surface area (Å²) >= 11 is 0. The Balaban J connectivity index is 0.000000810. The number of fused-ring (bicyclic) bond motifs is 1. The van der Waals surface area contributed by atoms with Gasteiger partial charge in [0.1, 0.15) is 11.6 Å². The van der Waals surface area contributed by atoms with E-state index in [0.717, 1.165) is 56.5 Å². The minimum Gasteiger partial charge on any atom is -0.493 e. The fraction of sp³-hybridized carbons (Fsp3) is 0.583. The van der Waals surface area contributed by atoms with Crippen LogP contribution < -0.4 is 15.0 Å². The van der Waals surface area contributed by atoms with E-state index in [4.69, 9.17) is 4.74 Å². The number of aryl methyl sites for hydroxylation is 1. The third-order valence-corrected chi connectivity index (χ3v) is 3.22. The van der Waals surface area contributed by atoms with Crippen LogP contribution in [0.4, 0.5) is 5.82 Å². The number of anilines is 1. The van der Waals surface area contributed by atoms with Crippen molar-refractivity contribution in [2.45, 2.75) is 13.3 Å². The molecule has 2 aliphatic rings. The highest BCUT2D eigenvalue weighted by Gasteiger charge is 2.22. The van der Waals surface area contributed by atoms with Gasteiger partial charge in [-0.25, -0.2) is 4.98 Å². The molecule has 4 nitrogen and oxygen atoms in total. The Morgan fingerprint density at radius 3 is 2.72 bits per heavy atom. The van der Waals surface area contributed by atoms with Crippen LogP contribution in [0.5, 0.6) is 5.75 Å². The lowest BCUT2D eigenvalue weighted by molar-refractivity contribution is 0.356. The molecule has 0 radical (unpaired) electrons. The second-order valence-corrected chi connectivity index (χ2v) is 4.40. The third-order valence-electron chi connectivity index (χ3n) is 3.22. The predicted molar refractivity (Wildman–Crippen MR) is 77.8 cm³/mol. The summed E-state index contributed by atoms with van der Waals surface area (Å²) in [5.41, 5.74) is 2.35. The third kappa shape index (κ3) is 2.82. The molecule has 0 unspecified atom stereocenters. The number of hydrogen-bond donors (Lipinski definition) is 1. The Hall–Kier alpha value is -0.710. The number of ether oxygens (including phenoxy) is 1. The Bertz CT molecular complexity index is 409. The molecule has 0 amide bonds. The monoisotopic (exact) mass is 291 g/mol. The topological polar surface area (TPSA) is 37.4 Å². The highest BCUT2D eigenvalue weighted by molar-refractivity contribution is 5.85. The summed E-state index contributed by atoms with van der Waals surface area (Å²) < 4.78 is 5.63. The van der Waals surface area contributed by atoms with Gasteiger partial charge in [-0.1, -0.05) is 0 Å². The van der Waals surface area contributed by atoms with E-state index in [2.05, 4.69) is 15.2 Å². The number of hydrogen-bond acceptors (Lipinski definition) is 4. The number of nitrogens with one attached hydrogen (secondary N) is 1. The molecule has 1 aromatic heterocycles. The van der Waals surface area contributed by atoms with E-state index in [0.29, 0.717) is 0 Å². The molecule has 0 bridgehead atoms. The Labute approximate surface area is 120 Å². The summed E-state index contributed by atoms with van der Waals surface area (Å²) in [4.78, 5) is 7.06. The standard InChI is InChI=1S/C12H17N3O.2ClH/c1-9-8-11-10(2-7-16-11)12(14-9)15-5-3-13-4-6-15;;/h8,13H,2-7H2,1H3;2*1H. The van der Waals surface area contributed by atoms with E-state index in [1.54, 1.807) is 0 Å². The average molecular weight is 292 g/mol. The van der Waals surface area contributed by atoms with Crippen molar-refractivity contribution in [3.05, 3.63) is 17.3 Å². The minimum atomic E-state index is 0. The quantitative estimate of drug-likeness (QED) is 0.853. The maximum atomic E-state index is 5.63.